The fourth-order valence-electron chi connectivity index (χ4n) is 4.77. The molecule has 9 heteroatoms. The molecule has 2 heterocycles. The summed E-state index contributed by atoms with van der Waals surface area (Å²) < 4.78 is 20.6. The third-order valence-electron chi connectivity index (χ3n) is 6.78. The second kappa shape index (κ2) is 10.0. The molecule has 7 nitrogen and oxygen atoms in total. The smallest absolute Gasteiger partial charge is 0.314 e. The highest BCUT2D eigenvalue weighted by Crippen LogP contribution is 2.38. The van der Waals surface area contributed by atoms with E-state index in [4.69, 9.17) is 16.6 Å². The predicted octanol–water partition coefficient (Wildman–Crippen LogP) is 5.32. The Labute approximate surface area is 217 Å². The number of hydrogen-bond donors (Lipinski definition) is 3. The van der Waals surface area contributed by atoms with Crippen LogP contribution in [-0.4, -0.2) is 35.2 Å². The lowest BCUT2D eigenvalue weighted by molar-refractivity contribution is -0.144. The lowest BCUT2D eigenvalue weighted by Crippen LogP contribution is -2.47. The van der Waals surface area contributed by atoms with Crippen LogP contribution in [-0.2, 0) is 10.2 Å². The van der Waals surface area contributed by atoms with Gasteiger partial charge in [-0.05, 0) is 61.0 Å². The van der Waals surface area contributed by atoms with Crippen LogP contribution >= 0.6 is 12.2 Å². The molecular formula is C28H24FN3O4S. The predicted molar refractivity (Wildman–Crippen MR) is 144 cm³/mol. The molecule has 3 aromatic carbocycles. The molecule has 1 aromatic heterocycles. The minimum Gasteiger partial charge on any atom is -0.481 e. The zero-order valence-corrected chi connectivity index (χ0v) is 20.6. The zero-order valence-electron chi connectivity index (χ0n) is 19.7. The summed E-state index contributed by atoms with van der Waals surface area (Å²) in [5, 5.41) is 16.2. The van der Waals surface area contributed by atoms with Crippen molar-refractivity contribution in [3.8, 4) is 0 Å². The Morgan fingerprint density at radius 3 is 2.35 bits per heavy atom. The summed E-state index contributed by atoms with van der Waals surface area (Å²) in [4.78, 5) is 26.5. The van der Waals surface area contributed by atoms with Crippen molar-refractivity contribution in [3.63, 3.8) is 0 Å². The molecule has 1 saturated heterocycles. The fourth-order valence-corrected chi connectivity index (χ4v) is 4.99. The van der Waals surface area contributed by atoms with Gasteiger partial charge in [0.15, 0.2) is 10.9 Å². The number of aliphatic carboxylic acids is 1. The lowest BCUT2D eigenvalue weighted by Gasteiger charge is -2.40. The molecule has 5 rings (SSSR count). The molecule has 0 saturated carbocycles. The Balaban J connectivity index is 1.22. The van der Waals surface area contributed by atoms with Crippen LogP contribution in [0.15, 0.2) is 83.3 Å². The van der Waals surface area contributed by atoms with E-state index in [1.165, 1.54) is 6.07 Å². The Hall–Kier alpha value is -4.24. The van der Waals surface area contributed by atoms with Crippen molar-refractivity contribution >= 4 is 51.6 Å². The molecule has 1 aliphatic rings. The van der Waals surface area contributed by atoms with E-state index < -0.39 is 23.1 Å². The first kappa shape index (κ1) is 24.5. The van der Waals surface area contributed by atoms with Crippen LogP contribution in [0.4, 0.5) is 15.8 Å². The first-order valence-corrected chi connectivity index (χ1v) is 12.2. The number of nitrogens with one attached hydrogen (secondary N) is 2. The maximum atomic E-state index is 15.1. The third kappa shape index (κ3) is 4.90. The molecule has 3 N–H and O–H groups in total. The second-order valence-corrected chi connectivity index (χ2v) is 9.37. The van der Waals surface area contributed by atoms with Crippen LogP contribution in [0.3, 0.4) is 0 Å². The van der Waals surface area contributed by atoms with E-state index in [0.29, 0.717) is 42.9 Å². The van der Waals surface area contributed by atoms with Crippen LogP contribution in [0.2, 0.25) is 0 Å². The third-order valence-corrected chi connectivity index (χ3v) is 6.98. The number of benzene rings is 3. The van der Waals surface area contributed by atoms with Gasteiger partial charge in [-0.1, -0.05) is 48.5 Å². The quantitative estimate of drug-likeness (QED) is 0.309. The van der Waals surface area contributed by atoms with Crippen molar-refractivity contribution < 1.29 is 23.5 Å². The van der Waals surface area contributed by atoms with Gasteiger partial charge in [0.25, 0.3) is 5.91 Å². The molecule has 0 bridgehead atoms. The molecule has 188 valence electrons. The molecule has 0 atom stereocenters. The highest BCUT2D eigenvalue weighted by Gasteiger charge is 2.43. The fraction of sp³-hybridized carbons (Fsp3) is 0.179. The van der Waals surface area contributed by atoms with Gasteiger partial charge in [0.05, 0.1) is 11.1 Å². The van der Waals surface area contributed by atoms with E-state index in [0.717, 1.165) is 10.9 Å². The summed E-state index contributed by atoms with van der Waals surface area (Å²) in [5.41, 5.74) is 1.12. The number of carbonyl (C=O) groups excluding carboxylic acids is 1. The van der Waals surface area contributed by atoms with E-state index >= 15 is 4.39 Å². The number of hydrogen-bond acceptors (Lipinski definition) is 5. The van der Waals surface area contributed by atoms with Gasteiger partial charge in [0.2, 0.25) is 0 Å². The number of carboxylic acids is 1. The maximum absolute atomic E-state index is 15.1. The summed E-state index contributed by atoms with van der Waals surface area (Å²) in [6.07, 6.45) is 0.730. The standard InChI is InChI=1S/C28H24FN3O4S/c29-21-17-20(30-27(37)31-25(33)24-16-18-6-4-5-9-23(18)36-24)10-11-22(21)32-14-12-28(13-15-32,26(34)35)19-7-2-1-3-8-19/h1-11,16-17H,12-15H2,(H,34,35)(H2,30,31,33,37). The topological polar surface area (TPSA) is 94.8 Å². The van der Waals surface area contributed by atoms with E-state index in [-0.39, 0.29) is 10.9 Å². The van der Waals surface area contributed by atoms with E-state index in [1.807, 2.05) is 53.4 Å². The van der Waals surface area contributed by atoms with Gasteiger partial charge in [-0.3, -0.25) is 14.9 Å². The molecule has 4 aromatic rings. The summed E-state index contributed by atoms with van der Waals surface area (Å²) in [6, 6.07) is 22.7. The number of thiocarbonyl (C=S) groups is 1. The monoisotopic (exact) mass is 517 g/mol. The Bertz CT molecular complexity index is 1450. The maximum Gasteiger partial charge on any atom is 0.314 e. The summed E-state index contributed by atoms with van der Waals surface area (Å²) in [7, 11) is 0. The minimum atomic E-state index is -0.986. The molecule has 0 unspecified atom stereocenters. The first-order valence-electron chi connectivity index (χ1n) is 11.8. The van der Waals surface area contributed by atoms with E-state index in [1.54, 1.807) is 24.3 Å². The van der Waals surface area contributed by atoms with E-state index in [2.05, 4.69) is 10.6 Å². The average molecular weight is 518 g/mol. The summed E-state index contributed by atoms with van der Waals surface area (Å²) >= 11 is 5.22. The van der Waals surface area contributed by atoms with Crippen LogP contribution < -0.4 is 15.5 Å². The van der Waals surface area contributed by atoms with Gasteiger partial charge < -0.3 is 19.7 Å². The van der Waals surface area contributed by atoms with Crippen LogP contribution in [0.25, 0.3) is 11.0 Å². The molecule has 37 heavy (non-hydrogen) atoms. The first-order chi connectivity index (χ1) is 17.9. The molecule has 1 aliphatic heterocycles. The molecule has 0 radical (unpaired) electrons. The Morgan fingerprint density at radius 2 is 1.68 bits per heavy atom. The number of halogens is 1. The van der Waals surface area contributed by atoms with E-state index in [9.17, 15) is 14.7 Å². The number of anilines is 2. The second-order valence-electron chi connectivity index (χ2n) is 8.96. The van der Waals surface area contributed by atoms with Crippen molar-refractivity contribution in [2.45, 2.75) is 18.3 Å². The number of para-hydroxylation sites is 1. The van der Waals surface area contributed by atoms with Crippen molar-refractivity contribution in [1.29, 1.82) is 0 Å². The highest BCUT2D eigenvalue weighted by molar-refractivity contribution is 7.80. The summed E-state index contributed by atoms with van der Waals surface area (Å²) in [6.45, 7) is 0.799. The van der Waals surface area contributed by atoms with Crippen molar-refractivity contribution in [2.75, 3.05) is 23.3 Å². The van der Waals surface area contributed by atoms with Gasteiger partial charge >= 0.3 is 5.97 Å². The van der Waals surface area contributed by atoms with Gasteiger partial charge in [-0.2, -0.15) is 0 Å². The number of carboxylic acid groups (broad SMARTS) is 1. The normalized spacial score (nSPS) is 14.8. The number of furan rings is 1. The van der Waals surface area contributed by atoms with Gasteiger partial charge in [0, 0.05) is 24.2 Å². The summed E-state index contributed by atoms with van der Waals surface area (Å²) in [5.74, 6) is -1.74. The zero-order chi connectivity index (χ0) is 26.0. The Kier molecular flexibility index (Phi) is 6.62. The van der Waals surface area contributed by atoms with Crippen LogP contribution in [0, 0.1) is 5.82 Å². The van der Waals surface area contributed by atoms with Crippen molar-refractivity contribution in [1.82, 2.24) is 5.32 Å². The van der Waals surface area contributed by atoms with Gasteiger partial charge in [0.1, 0.15) is 11.4 Å². The number of carbonyl (C=O) groups is 2. The number of rotatable bonds is 5. The molecule has 0 spiro atoms. The lowest BCUT2D eigenvalue weighted by atomic mass is 9.72. The molecule has 1 amide bonds. The number of fused-ring (bicyclic) bond motifs is 1. The van der Waals surface area contributed by atoms with Crippen LogP contribution in [0.5, 0.6) is 0 Å². The van der Waals surface area contributed by atoms with Gasteiger partial charge in [-0.15, -0.1) is 0 Å². The largest absolute Gasteiger partial charge is 0.481 e. The average Bonchev–Trinajstić information content (AvgIpc) is 3.34. The van der Waals surface area contributed by atoms with Crippen molar-refractivity contribution in [2.24, 2.45) is 0 Å². The SMILES string of the molecule is O=C(NC(=S)Nc1ccc(N2CCC(C(=O)O)(c3ccccc3)CC2)c(F)c1)c1cc2ccccc2o1. The molecular weight excluding hydrogens is 493 g/mol. The minimum absolute atomic E-state index is 0.00433. The number of piperidine rings is 1. The van der Waals surface area contributed by atoms with Crippen molar-refractivity contribution in [3.05, 3.63) is 96.0 Å². The number of nitrogens with zero attached hydrogens (tertiary/aromatic N) is 1. The highest BCUT2D eigenvalue weighted by atomic mass is 32.1. The Morgan fingerprint density at radius 1 is 0.973 bits per heavy atom. The molecule has 1 fully saturated rings. The van der Waals surface area contributed by atoms with Gasteiger partial charge in [-0.25, -0.2) is 4.39 Å². The molecule has 0 aliphatic carbocycles. The number of amides is 1. The van der Waals surface area contributed by atoms with Crippen LogP contribution in [0.1, 0.15) is 29.0 Å².